The zero-order valence-electron chi connectivity index (χ0n) is 15.1. The number of ether oxygens (including phenoxy) is 1. The highest BCUT2D eigenvalue weighted by Gasteiger charge is 2.21. The Hall–Kier alpha value is -1.81. The Balaban J connectivity index is 1.80. The van der Waals surface area contributed by atoms with Crippen molar-refractivity contribution < 1.29 is 9.53 Å². The Morgan fingerprint density at radius 2 is 2.08 bits per heavy atom. The molecule has 4 heteroatoms. The van der Waals surface area contributed by atoms with Gasteiger partial charge in [-0.25, -0.2) is 0 Å². The molecule has 0 saturated heterocycles. The number of nitrogens with one attached hydrogen (secondary N) is 1. The molecule has 0 aromatic rings. The van der Waals surface area contributed by atoms with Crippen molar-refractivity contribution in [3.05, 3.63) is 47.3 Å². The molecule has 0 radical (unpaired) electrons. The van der Waals surface area contributed by atoms with Gasteiger partial charge in [0.1, 0.15) is 6.61 Å². The Labute approximate surface area is 145 Å². The van der Waals surface area contributed by atoms with Crippen LogP contribution in [0.5, 0.6) is 0 Å². The minimum Gasteiger partial charge on any atom is -0.493 e. The van der Waals surface area contributed by atoms with Gasteiger partial charge in [0.25, 0.3) is 0 Å². The summed E-state index contributed by atoms with van der Waals surface area (Å²) in [6.45, 7) is 6.52. The number of carbonyl (C=O) groups is 1. The van der Waals surface area contributed by atoms with Crippen LogP contribution in [0.25, 0.3) is 0 Å². The maximum atomic E-state index is 12.1. The van der Waals surface area contributed by atoms with Crippen molar-refractivity contribution in [1.82, 2.24) is 5.32 Å². The fourth-order valence-corrected chi connectivity index (χ4v) is 2.74. The number of nitrogens with two attached hydrogens (primary N) is 1. The predicted molar refractivity (Wildman–Crippen MR) is 98.3 cm³/mol. The van der Waals surface area contributed by atoms with Gasteiger partial charge in [-0.3, -0.25) is 4.79 Å². The zero-order valence-corrected chi connectivity index (χ0v) is 15.1. The lowest BCUT2D eigenvalue weighted by Crippen LogP contribution is -2.49. The third-order valence-corrected chi connectivity index (χ3v) is 4.01. The van der Waals surface area contributed by atoms with Crippen molar-refractivity contribution in [1.29, 1.82) is 0 Å². The van der Waals surface area contributed by atoms with E-state index in [2.05, 4.69) is 23.5 Å². The fraction of sp³-hybridized carbons (Fsp3) is 0.550. The van der Waals surface area contributed by atoms with Crippen molar-refractivity contribution in [2.24, 2.45) is 5.73 Å². The summed E-state index contributed by atoms with van der Waals surface area (Å²) >= 11 is 0. The smallest absolute Gasteiger partial charge is 0.237 e. The van der Waals surface area contributed by atoms with Gasteiger partial charge in [-0.2, -0.15) is 0 Å². The maximum absolute atomic E-state index is 12.1. The lowest BCUT2D eigenvalue weighted by molar-refractivity contribution is -0.123. The molecule has 2 aliphatic rings. The van der Waals surface area contributed by atoms with Crippen LogP contribution in [0.1, 0.15) is 52.9 Å². The highest BCUT2D eigenvalue weighted by atomic mass is 16.5. The summed E-state index contributed by atoms with van der Waals surface area (Å²) in [6, 6.07) is -0.496. The van der Waals surface area contributed by atoms with Crippen LogP contribution in [-0.2, 0) is 9.53 Å². The molecule has 0 spiro atoms. The predicted octanol–water partition coefficient (Wildman–Crippen LogP) is 3.52. The van der Waals surface area contributed by atoms with Crippen LogP contribution in [0, 0.1) is 0 Å². The van der Waals surface area contributed by atoms with E-state index < -0.39 is 6.04 Å². The molecule has 4 nitrogen and oxygen atoms in total. The first-order valence-electron chi connectivity index (χ1n) is 8.78. The van der Waals surface area contributed by atoms with Crippen molar-refractivity contribution in [2.45, 2.75) is 64.5 Å². The molecular weight excluding hydrogens is 300 g/mol. The lowest BCUT2D eigenvalue weighted by Gasteiger charge is -2.24. The minimum absolute atomic E-state index is 0.0922. The number of allylic oxidation sites excluding steroid dienone is 5. The largest absolute Gasteiger partial charge is 0.493 e. The van der Waals surface area contributed by atoms with Crippen LogP contribution in [0.2, 0.25) is 0 Å². The topological polar surface area (TPSA) is 64.4 Å². The second-order valence-corrected chi connectivity index (χ2v) is 7.56. The van der Waals surface area contributed by atoms with Gasteiger partial charge in [0.15, 0.2) is 0 Å². The van der Waals surface area contributed by atoms with E-state index in [1.165, 1.54) is 11.1 Å². The van der Waals surface area contributed by atoms with Crippen molar-refractivity contribution in [3.63, 3.8) is 0 Å². The highest BCUT2D eigenvalue weighted by molar-refractivity contribution is 5.82. The Kier molecular flexibility index (Phi) is 6.44. The SMILES string of the molecule is CC(C)(C)NC(=O)[C@@H](N)CC1=CC=C(OCC2=CCCC=C2)CC1. The van der Waals surface area contributed by atoms with Gasteiger partial charge in [-0.1, -0.05) is 29.9 Å². The van der Waals surface area contributed by atoms with Crippen molar-refractivity contribution in [2.75, 3.05) is 6.61 Å². The summed E-state index contributed by atoms with van der Waals surface area (Å²) in [6.07, 6.45) is 15.2. The second-order valence-electron chi connectivity index (χ2n) is 7.56. The normalized spacial score (nSPS) is 19.1. The molecular formula is C20H30N2O2. The van der Waals surface area contributed by atoms with E-state index in [4.69, 9.17) is 10.5 Å². The average molecular weight is 330 g/mol. The Morgan fingerprint density at radius 3 is 2.67 bits per heavy atom. The number of rotatable bonds is 6. The van der Waals surface area contributed by atoms with E-state index in [-0.39, 0.29) is 11.4 Å². The second kappa shape index (κ2) is 8.34. The van der Waals surface area contributed by atoms with Crippen LogP contribution in [0.15, 0.2) is 47.3 Å². The molecule has 2 aliphatic carbocycles. The van der Waals surface area contributed by atoms with Gasteiger partial charge < -0.3 is 15.8 Å². The maximum Gasteiger partial charge on any atom is 0.237 e. The number of hydrogen-bond acceptors (Lipinski definition) is 3. The van der Waals surface area contributed by atoms with Gasteiger partial charge >= 0.3 is 0 Å². The molecule has 0 heterocycles. The van der Waals surface area contributed by atoms with Crippen molar-refractivity contribution >= 4 is 5.91 Å². The summed E-state index contributed by atoms with van der Waals surface area (Å²) < 4.78 is 5.88. The molecule has 1 amide bonds. The third-order valence-electron chi connectivity index (χ3n) is 4.01. The average Bonchev–Trinajstić information content (AvgIpc) is 2.53. The standard InChI is InChI=1S/C20H30N2O2/c1-20(2,3)22-19(23)18(21)13-15-9-11-17(12-10-15)24-14-16-7-5-4-6-8-16/h5,7-9,11,18H,4,6,10,12-14,21H2,1-3H3,(H,22,23)/t18-/m0/s1. The van der Waals surface area contributed by atoms with E-state index in [1.54, 1.807) is 0 Å². The molecule has 2 rings (SSSR count). The van der Waals surface area contributed by atoms with Crippen LogP contribution in [0.3, 0.4) is 0 Å². The summed E-state index contributed by atoms with van der Waals surface area (Å²) in [5.41, 5.74) is 8.23. The molecule has 24 heavy (non-hydrogen) atoms. The molecule has 0 saturated carbocycles. The molecule has 0 aliphatic heterocycles. The summed E-state index contributed by atoms with van der Waals surface area (Å²) in [5.74, 6) is 0.914. The number of amides is 1. The van der Waals surface area contributed by atoms with Crippen LogP contribution in [0.4, 0.5) is 0 Å². The van der Waals surface area contributed by atoms with E-state index in [1.807, 2.05) is 32.9 Å². The monoisotopic (exact) mass is 330 g/mol. The minimum atomic E-state index is -0.496. The van der Waals surface area contributed by atoms with Crippen LogP contribution >= 0.6 is 0 Å². The van der Waals surface area contributed by atoms with Crippen LogP contribution in [-0.4, -0.2) is 24.1 Å². The van der Waals surface area contributed by atoms with Gasteiger partial charge in [0, 0.05) is 12.0 Å². The first-order valence-corrected chi connectivity index (χ1v) is 8.78. The summed E-state index contributed by atoms with van der Waals surface area (Å²) in [7, 11) is 0. The van der Waals surface area contributed by atoms with E-state index in [0.29, 0.717) is 13.0 Å². The highest BCUT2D eigenvalue weighted by Crippen LogP contribution is 2.23. The molecule has 1 atom stereocenters. The zero-order chi connectivity index (χ0) is 17.6. The van der Waals surface area contributed by atoms with E-state index in [0.717, 1.165) is 31.4 Å². The quantitative estimate of drug-likeness (QED) is 0.783. The van der Waals surface area contributed by atoms with Gasteiger partial charge in [-0.15, -0.1) is 0 Å². The van der Waals surface area contributed by atoms with Gasteiger partial charge in [-0.05, 0) is 58.1 Å². The molecule has 0 aromatic heterocycles. The molecule has 3 N–H and O–H groups in total. The Bertz CT molecular complexity index is 577. The Morgan fingerprint density at radius 1 is 1.29 bits per heavy atom. The van der Waals surface area contributed by atoms with Crippen LogP contribution < -0.4 is 11.1 Å². The molecule has 132 valence electrons. The molecule has 0 bridgehead atoms. The summed E-state index contributed by atoms with van der Waals surface area (Å²) in [5, 5.41) is 2.93. The van der Waals surface area contributed by atoms with Gasteiger partial charge in [0.05, 0.1) is 11.8 Å². The van der Waals surface area contributed by atoms with E-state index >= 15 is 0 Å². The fourth-order valence-electron chi connectivity index (χ4n) is 2.74. The van der Waals surface area contributed by atoms with Gasteiger partial charge in [0.2, 0.25) is 5.91 Å². The lowest BCUT2D eigenvalue weighted by atomic mass is 9.96. The van der Waals surface area contributed by atoms with E-state index in [9.17, 15) is 4.79 Å². The molecule has 0 aromatic carbocycles. The summed E-state index contributed by atoms with van der Waals surface area (Å²) in [4.78, 5) is 12.1. The number of carbonyl (C=O) groups excluding carboxylic acids is 1. The van der Waals surface area contributed by atoms with Crippen molar-refractivity contribution in [3.8, 4) is 0 Å². The first-order chi connectivity index (χ1) is 11.3. The number of hydrogen-bond donors (Lipinski definition) is 2. The first kappa shape index (κ1) is 18.5. The third kappa shape index (κ3) is 6.36. The molecule has 0 unspecified atom stereocenters. The molecule has 0 fully saturated rings.